The zero-order valence-corrected chi connectivity index (χ0v) is 42.4. The van der Waals surface area contributed by atoms with Crippen LogP contribution >= 0.6 is 47.9 Å². The summed E-state index contributed by atoms with van der Waals surface area (Å²) in [5.74, 6) is -4.31. The van der Waals surface area contributed by atoms with Crippen molar-refractivity contribution in [1.29, 1.82) is 0 Å². The van der Waals surface area contributed by atoms with Gasteiger partial charge in [-0.15, -0.1) is 0 Å². The number of nitrogens with one attached hydrogen (secondary N) is 4. The number of amides is 4. The largest absolute Gasteiger partial charge is 0.481 e. The minimum atomic E-state index is -5.63. The maximum atomic E-state index is 12.9. The van der Waals surface area contributed by atoms with E-state index < -0.39 is 126 Å². The van der Waals surface area contributed by atoms with E-state index in [0.29, 0.717) is 0 Å². The summed E-state index contributed by atoms with van der Waals surface area (Å²) in [4.78, 5) is 125. The molecule has 0 saturated carbocycles. The normalized spacial score (nSPS) is 20.7. The molecule has 400 valence electrons. The summed E-state index contributed by atoms with van der Waals surface area (Å²) in [7, 11) is -16.6. The number of thioether (sulfide) groups is 1. The molecule has 10 unspecified atom stereocenters. The minimum absolute atomic E-state index is 0.00550. The van der Waals surface area contributed by atoms with Gasteiger partial charge in [-0.1, -0.05) is 32.2 Å². The van der Waals surface area contributed by atoms with Gasteiger partial charge in [-0.2, -0.15) is 16.9 Å². The van der Waals surface area contributed by atoms with Crippen LogP contribution in [0, 0.1) is 5.41 Å². The monoisotopic (exact) mass is 1110 g/mol. The summed E-state index contributed by atoms with van der Waals surface area (Å²) in [6.45, 7) is 5.14. The predicted molar refractivity (Wildman–Crippen MR) is 249 cm³/mol. The molecule has 0 aromatic carbocycles. The summed E-state index contributed by atoms with van der Waals surface area (Å²) < 4.78 is 62.4. The molecule has 1 aliphatic rings. The minimum Gasteiger partial charge on any atom is -0.480 e. The van der Waals surface area contributed by atoms with Crippen molar-refractivity contribution in [1.82, 2.24) is 40.8 Å². The molecule has 3 heterocycles. The second-order valence-electron chi connectivity index (χ2n) is 16.2. The van der Waals surface area contributed by atoms with Gasteiger partial charge in [0.1, 0.15) is 54.4 Å². The number of hydrogen-bond acceptors (Lipinski definition) is 23. The number of hydrogen-bond donors (Lipinski definition) is 14. The van der Waals surface area contributed by atoms with Crippen LogP contribution in [-0.2, 0) is 65.1 Å². The van der Waals surface area contributed by atoms with E-state index in [1.54, 1.807) is 0 Å². The molecule has 36 heteroatoms. The Morgan fingerprint density at radius 1 is 0.986 bits per heavy atom. The third-order valence-corrected chi connectivity index (χ3v) is 14.2. The molecule has 0 radical (unpaired) electrons. The SMILES string of the molecule is C=C(C)C(NC(=O)C(CS)NC(=O)CCCC(N)C(=O)O)C(=O)SCCNC(=O)CCNC(=O)C(O)C(C)(C)COP(=O)(O)OP(=O)(O)OCC1OC(n2cnc3c(N)ncnc32)C(O)C1OP(=O)(O)O. The fourth-order valence-electron chi connectivity index (χ4n) is 6.06. The first-order valence-electron chi connectivity index (χ1n) is 20.8. The molecular weight excluding hydrogens is 1050 g/mol. The number of rotatable bonds is 30. The van der Waals surface area contributed by atoms with Gasteiger partial charge < -0.3 is 72.4 Å². The van der Waals surface area contributed by atoms with E-state index in [9.17, 15) is 72.2 Å². The zero-order chi connectivity index (χ0) is 53.6. The van der Waals surface area contributed by atoms with Gasteiger partial charge in [0, 0.05) is 42.9 Å². The first-order chi connectivity index (χ1) is 32.9. The van der Waals surface area contributed by atoms with Gasteiger partial charge in [0.25, 0.3) is 0 Å². The van der Waals surface area contributed by atoms with Crippen molar-refractivity contribution < 1.29 is 100.0 Å². The summed E-state index contributed by atoms with van der Waals surface area (Å²) in [6, 6.07) is -3.45. The summed E-state index contributed by atoms with van der Waals surface area (Å²) in [5.41, 5.74) is 9.83. The number of aliphatic carboxylic acids is 1. The predicted octanol–water partition coefficient (Wildman–Crippen LogP) is -2.28. The highest BCUT2D eigenvalue weighted by Gasteiger charge is 2.50. The Labute approximate surface area is 413 Å². The molecule has 2 aromatic rings. The molecular formula is C35H57N10O21P3S2. The van der Waals surface area contributed by atoms with E-state index in [1.807, 2.05) is 0 Å². The van der Waals surface area contributed by atoms with E-state index in [0.717, 1.165) is 29.0 Å². The van der Waals surface area contributed by atoms with Crippen molar-refractivity contribution in [2.75, 3.05) is 43.5 Å². The Bertz CT molecular complexity index is 2400. The molecule has 71 heavy (non-hydrogen) atoms. The number of carbonyl (C=O) groups excluding carboxylic acids is 5. The fraction of sp³-hybridized carbons (Fsp3) is 0.629. The third kappa shape index (κ3) is 19.4. The molecule has 10 atom stereocenters. The van der Waals surface area contributed by atoms with Crippen molar-refractivity contribution in [2.24, 2.45) is 11.1 Å². The van der Waals surface area contributed by atoms with Crippen molar-refractivity contribution in [2.45, 2.75) is 95.2 Å². The molecule has 0 spiro atoms. The van der Waals surface area contributed by atoms with Gasteiger partial charge in [0.2, 0.25) is 28.7 Å². The Morgan fingerprint density at radius 2 is 1.65 bits per heavy atom. The number of imidazole rings is 1. The standard InChI is InChI=1S/C35H57N10O21P3S2/c1-17(2)23(44-30(50)19(13-70)43-22(47)7-5-6-18(36)33(52)53)34(54)71-11-10-38-21(46)8-9-39-31(51)27(49)35(3,4)14-63-69(60,61)66-68(58,59)62-12-20-26(65-67(55,56)57)25(48)32(64-20)45-16-42-24-28(37)40-15-41-29(24)45/h15-16,18-20,23,25-27,32,48-49,70H,1,5-14,36H2,2-4H3,(H,38,46)(H,39,51)(H,43,47)(H,44,50)(H,52,53)(H,58,59)(H,60,61)(H2,37,40,41)(H2,55,56,57). The number of aromatic nitrogens is 4. The molecule has 4 amide bonds. The topological polar surface area (TPSA) is 485 Å². The quantitative estimate of drug-likeness (QED) is 0.0170. The molecule has 2 aromatic heterocycles. The Kier molecular flexibility index (Phi) is 23.2. The van der Waals surface area contributed by atoms with Crippen LogP contribution in [0.3, 0.4) is 0 Å². The number of aliphatic hydroxyl groups excluding tert-OH is 2. The highest BCUT2D eigenvalue weighted by Crippen LogP contribution is 2.61. The van der Waals surface area contributed by atoms with Crippen LogP contribution in [0.1, 0.15) is 52.7 Å². The lowest BCUT2D eigenvalue weighted by molar-refractivity contribution is -0.139. The number of carboxylic acid groups (broad SMARTS) is 1. The van der Waals surface area contributed by atoms with Crippen molar-refractivity contribution in [3.63, 3.8) is 0 Å². The van der Waals surface area contributed by atoms with Crippen LogP contribution in [0.25, 0.3) is 11.2 Å². The molecule has 0 bridgehead atoms. The second kappa shape index (κ2) is 26.8. The van der Waals surface area contributed by atoms with Crippen LogP contribution in [0.5, 0.6) is 0 Å². The van der Waals surface area contributed by atoms with Gasteiger partial charge in [0.05, 0.1) is 19.5 Å². The average molecular weight is 1110 g/mol. The summed E-state index contributed by atoms with van der Waals surface area (Å²) in [6.07, 6.45) is -7.25. The average Bonchev–Trinajstić information content (AvgIpc) is 3.83. The fourth-order valence-corrected chi connectivity index (χ4v) is 9.98. The number of thiol groups is 1. The number of aliphatic hydroxyl groups is 2. The number of carboxylic acids is 1. The third-order valence-electron chi connectivity index (χ3n) is 9.83. The number of carbonyl (C=O) groups is 6. The molecule has 0 aliphatic carbocycles. The maximum Gasteiger partial charge on any atom is 0.481 e. The first-order valence-corrected chi connectivity index (χ1v) is 26.9. The number of phosphoric acid groups is 3. The number of ether oxygens (including phenoxy) is 1. The number of phosphoric ester groups is 3. The van der Waals surface area contributed by atoms with Crippen LogP contribution in [-0.4, -0.2) is 169 Å². The Hall–Kier alpha value is -3.98. The Balaban J connectivity index is 1.42. The second-order valence-corrected chi connectivity index (χ2v) is 21.9. The van der Waals surface area contributed by atoms with E-state index >= 15 is 0 Å². The van der Waals surface area contributed by atoms with E-state index in [-0.39, 0.29) is 72.8 Å². The molecule has 3 rings (SSSR count). The van der Waals surface area contributed by atoms with Gasteiger partial charge in [-0.05, 0) is 25.3 Å². The summed E-state index contributed by atoms with van der Waals surface area (Å²) in [5, 5.41) is 39.7. The Morgan fingerprint density at radius 3 is 2.27 bits per heavy atom. The highest BCUT2D eigenvalue weighted by molar-refractivity contribution is 8.13. The summed E-state index contributed by atoms with van der Waals surface area (Å²) >= 11 is 4.84. The van der Waals surface area contributed by atoms with Gasteiger partial charge >= 0.3 is 29.4 Å². The lowest BCUT2D eigenvalue weighted by atomic mass is 9.87. The van der Waals surface area contributed by atoms with Gasteiger partial charge in [-0.3, -0.25) is 46.9 Å². The lowest BCUT2D eigenvalue weighted by Crippen LogP contribution is -2.52. The van der Waals surface area contributed by atoms with Crippen LogP contribution < -0.4 is 32.7 Å². The molecule has 31 nitrogen and oxygen atoms in total. The van der Waals surface area contributed by atoms with Crippen molar-refractivity contribution in [3.8, 4) is 0 Å². The number of fused-ring (bicyclic) bond motifs is 1. The zero-order valence-electron chi connectivity index (χ0n) is 38.0. The number of anilines is 1. The van der Waals surface area contributed by atoms with Crippen molar-refractivity contribution in [3.05, 3.63) is 24.8 Å². The lowest BCUT2D eigenvalue weighted by Gasteiger charge is -2.30. The van der Waals surface area contributed by atoms with E-state index in [2.05, 4.69) is 64.3 Å². The van der Waals surface area contributed by atoms with E-state index in [1.165, 1.54) is 20.8 Å². The molecule has 1 fully saturated rings. The molecule has 1 aliphatic heterocycles. The first kappa shape index (κ1) is 61.3. The number of nitrogen functional groups attached to an aromatic ring is 1. The van der Waals surface area contributed by atoms with Crippen LogP contribution in [0.4, 0.5) is 5.82 Å². The van der Waals surface area contributed by atoms with Gasteiger partial charge in [0.15, 0.2) is 17.7 Å². The van der Waals surface area contributed by atoms with Gasteiger partial charge in [-0.25, -0.2) is 28.6 Å². The number of nitrogens with zero attached hydrogens (tertiary/aromatic N) is 4. The maximum absolute atomic E-state index is 12.9. The van der Waals surface area contributed by atoms with Crippen molar-refractivity contribution >= 4 is 99.6 Å². The smallest absolute Gasteiger partial charge is 0.480 e. The molecule has 1 saturated heterocycles. The molecule has 15 N–H and O–H groups in total. The van der Waals surface area contributed by atoms with E-state index in [4.69, 9.17) is 30.4 Å². The van der Waals surface area contributed by atoms with Crippen LogP contribution in [0.15, 0.2) is 24.8 Å². The highest BCUT2D eigenvalue weighted by atomic mass is 32.2. The number of nitrogens with two attached hydrogens (primary N) is 2. The van der Waals surface area contributed by atoms with Crippen LogP contribution in [0.2, 0.25) is 0 Å².